The second-order valence-electron chi connectivity index (χ2n) is 10.7. The van der Waals surface area contributed by atoms with E-state index < -0.39 is 11.8 Å². The zero-order valence-corrected chi connectivity index (χ0v) is 26.5. The van der Waals surface area contributed by atoms with E-state index in [1.165, 1.54) is 28.8 Å². The van der Waals surface area contributed by atoms with Crippen LogP contribution in [0.15, 0.2) is 108 Å². The van der Waals surface area contributed by atoms with Gasteiger partial charge in [0.25, 0.3) is 11.8 Å². The third-order valence-electron chi connectivity index (χ3n) is 7.71. The molecule has 0 unspecified atom stereocenters. The number of carbonyl (C=O) groups excluding carboxylic acids is 3. The molecule has 1 aliphatic rings. The van der Waals surface area contributed by atoms with E-state index in [9.17, 15) is 14.4 Å². The molecule has 0 saturated carbocycles. The number of amides is 2. The van der Waals surface area contributed by atoms with Crippen LogP contribution < -0.4 is 10.6 Å². The van der Waals surface area contributed by atoms with Crippen molar-refractivity contribution in [3.8, 4) is 0 Å². The number of halogens is 2. The average molecular weight is 655 g/mol. The summed E-state index contributed by atoms with van der Waals surface area (Å²) in [5.74, 6) is -0.630. The predicted molar refractivity (Wildman–Crippen MR) is 183 cm³/mol. The predicted octanol–water partition coefficient (Wildman–Crippen LogP) is 8.67. The smallest absolute Gasteiger partial charge is 0.272 e. The number of nitrogens with one attached hydrogen (secondary N) is 2. The van der Waals surface area contributed by atoms with Crippen LogP contribution in [-0.4, -0.2) is 28.0 Å². The first kappa shape index (κ1) is 30.7. The van der Waals surface area contributed by atoms with Gasteiger partial charge in [-0.1, -0.05) is 71.7 Å². The number of rotatable bonds is 8. The van der Waals surface area contributed by atoms with Crippen molar-refractivity contribution in [1.29, 1.82) is 0 Å². The lowest BCUT2D eigenvalue weighted by Crippen LogP contribution is -2.30. The number of aryl methyl sites for hydroxylation is 1. The number of hydrogen-bond donors (Lipinski definition) is 2. The van der Waals surface area contributed by atoms with Crippen molar-refractivity contribution in [1.82, 2.24) is 9.88 Å². The molecule has 0 atom stereocenters. The number of thioether (sulfide) groups is 1. The number of nitrogens with zero attached hydrogens (tertiary/aromatic N) is 1. The highest BCUT2D eigenvalue weighted by Crippen LogP contribution is 2.33. The van der Waals surface area contributed by atoms with Crippen molar-refractivity contribution in [3.63, 3.8) is 0 Å². The van der Waals surface area contributed by atoms with E-state index >= 15 is 0 Å². The fourth-order valence-electron chi connectivity index (χ4n) is 5.55. The van der Waals surface area contributed by atoms with Crippen molar-refractivity contribution < 1.29 is 14.4 Å². The number of benzene rings is 4. The minimum atomic E-state index is -0.532. The molecular formula is C36H29Cl2N3O3S. The topological polar surface area (TPSA) is 80.2 Å². The Morgan fingerprint density at radius 1 is 0.822 bits per heavy atom. The molecular weight excluding hydrogens is 625 g/mol. The van der Waals surface area contributed by atoms with E-state index in [0.717, 1.165) is 41.8 Å². The summed E-state index contributed by atoms with van der Waals surface area (Å²) in [6.07, 6.45) is 5.66. The fraction of sp³-hybridized carbons (Fsp3) is 0.139. The van der Waals surface area contributed by atoms with Gasteiger partial charge in [-0.15, -0.1) is 11.8 Å². The summed E-state index contributed by atoms with van der Waals surface area (Å²) in [7, 11) is 0. The quantitative estimate of drug-likeness (QED) is 0.130. The third-order valence-corrected chi connectivity index (χ3v) is 9.54. The summed E-state index contributed by atoms with van der Waals surface area (Å²) in [5, 5.41) is 7.32. The number of aromatic nitrogens is 1. The van der Waals surface area contributed by atoms with Crippen LogP contribution in [0.4, 0.5) is 5.69 Å². The Morgan fingerprint density at radius 3 is 2.36 bits per heavy atom. The second kappa shape index (κ2) is 13.8. The highest BCUT2D eigenvalue weighted by Gasteiger charge is 2.23. The molecule has 0 bridgehead atoms. The van der Waals surface area contributed by atoms with Crippen LogP contribution in [-0.2, 0) is 17.6 Å². The SMILES string of the molecule is O=C(Nc1ccc(SCC(=O)n2c3c(c4ccccc42)CCCC3)cc1)/C(=C/c1cccc(Cl)c1Cl)NC(=O)c1ccccc1. The van der Waals surface area contributed by atoms with Gasteiger partial charge in [0.15, 0.2) is 0 Å². The molecule has 45 heavy (non-hydrogen) atoms. The normalized spacial score (nSPS) is 12.9. The van der Waals surface area contributed by atoms with Gasteiger partial charge in [-0.05, 0) is 91.4 Å². The Hall–Kier alpha value is -4.30. The first-order chi connectivity index (χ1) is 21.9. The molecule has 0 saturated heterocycles. The molecule has 2 N–H and O–H groups in total. The Bertz CT molecular complexity index is 1940. The fourth-order valence-corrected chi connectivity index (χ4v) is 6.66. The van der Waals surface area contributed by atoms with Gasteiger partial charge in [0.2, 0.25) is 5.91 Å². The number of hydrogen-bond acceptors (Lipinski definition) is 4. The van der Waals surface area contributed by atoms with Gasteiger partial charge in [0.1, 0.15) is 5.70 Å². The molecule has 0 aliphatic heterocycles. The molecule has 6 rings (SSSR count). The van der Waals surface area contributed by atoms with E-state index in [1.54, 1.807) is 60.7 Å². The molecule has 1 aromatic heterocycles. The summed E-state index contributed by atoms with van der Waals surface area (Å²) < 4.78 is 1.91. The third kappa shape index (κ3) is 6.86. The molecule has 9 heteroatoms. The van der Waals surface area contributed by atoms with Gasteiger partial charge in [0, 0.05) is 27.2 Å². The molecule has 0 spiro atoms. The van der Waals surface area contributed by atoms with E-state index in [2.05, 4.69) is 16.7 Å². The molecule has 226 valence electrons. The Labute approximate surface area is 275 Å². The van der Waals surface area contributed by atoms with Crippen LogP contribution in [0.2, 0.25) is 10.0 Å². The van der Waals surface area contributed by atoms with Gasteiger partial charge >= 0.3 is 0 Å². The highest BCUT2D eigenvalue weighted by atomic mass is 35.5. The molecule has 6 nitrogen and oxygen atoms in total. The first-order valence-corrected chi connectivity index (χ1v) is 16.3. The van der Waals surface area contributed by atoms with E-state index in [4.69, 9.17) is 23.2 Å². The minimum Gasteiger partial charge on any atom is -0.321 e. The van der Waals surface area contributed by atoms with Crippen molar-refractivity contribution in [2.75, 3.05) is 11.1 Å². The van der Waals surface area contributed by atoms with E-state index in [1.807, 2.05) is 34.9 Å². The lowest BCUT2D eigenvalue weighted by Gasteiger charge is -2.15. The van der Waals surface area contributed by atoms with Crippen LogP contribution >= 0.6 is 35.0 Å². The van der Waals surface area contributed by atoms with Crippen LogP contribution in [0.1, 0.15) is 44.8 Å². The Kier molecular flexibility index (Phi) is 9.40. The zero-order chi connectivity index (χ0) is 31.3. The number of fused-ring (bicyclic) bond motifs is 3. The summed E-state index contributed by atoms with van der Waals surface area (Å²) in [6, 6.07) is 29.1. The van der Waals surface area contributed by atoms with E-state index in [-0.39, 0.29) is 22.4 Å². The molecule has 0 radical (unpaired) electrons. The number of anilines is 1. The summed E-state index contributed by atoms with van der Waals surface area (Å²) >= 11 is 14.0. The van der Waals surface area contributed by atoms with Gasteiger partial charge in [-0.2, -0.15) is 0 Å². The summed E-state index contributed by atoms with van der Waals surface area (Å²) in [6.45, 7) is 0. The van der Waals surface area contributed by atoms with Crippen LogP contribution in [0.25, 0.3) is 17.0 Å². The summed E-state index contributed by atoms with van der Waals surface area (Å²) in [4.78, 5) is 40.7. The van der Waals surface area contributed by atoms with Gasteiger partial charge < -0.3 is 10.6 Å². The molecule has 2 amide bonds. The van der Waals surface area contributed by atoms with Crippen molar-refractivity contribution in [2.45, 2.75) is 30.6 Å². The Balaban J connectivity index is 1.16. The van der Waals surface area contributed by atoms with Gasteiger partial charge in [-0.25, -0.2) is 0 Å². The van der Waals surface area contributed by atoms with Crippen LogP contribution in [0.3, 0.4) is 0 Å². The maximum atomic E-state index is 13.5. The minimum absolute atomic E-state index is 0.000603. The van der Waals surface area contributed by atoms with E-state index in [0.29, 0.717) is 21.8 Å². The van der Waals surface area contributed by atoms with Gasteiger partial charge in [-0.3, -0.25) is 19.0 Å². The monoisotopic (exact) mass is 653 g/mol. The second-order valence-corrected chi connectivity index (χ2v) is 12.5. The summed E-state index contributed by atoms with van der Waals surface area (Å²) in [5.41, 5.74) is 4.84. The number of para-hydroxylation sites is 1. The largest absolute Gasteiger partial charge is 0.321 e. The zero-order valence-electron chi connectivity index (χ0n) is 24.2. The lowest BCUT2D eigenvalue weighted by atomic mass is 9.96. The molecule has 0 fully saturated rings. The lowest BCUT2D eigenvalue weighted by molar-refractivity contribution is -0.113. The van der Waals surface area contributed by atoms with Crippen LogP contribution in [0.5, 0.6) is 0 Å². The van der Waals surface area contributed by atoms with Crippen LogP contribution in [0, 0.1) is 0 Å². The number of carbonyl (C=O) groups is 3. The van der Waals surface area contributed by atoms with Crippen molar-refractivity contribution >= 4 is 75.4 Å². The highest BCUT2D eigenvalue weighted by molar-refractivity contribution is 8.00. The maximum Gasteiger partial charge on any atom is 0.272 e. The van der Waals surface area contributed by atoms with Crippen molar-refractivity contribution in [2.24, 2.45) is 0 Å². The average Bonchev–Trinajstić information content (AvgIpc) is 3.41. The molecule has 5 aromatic rings. The van der Waals surface area contributed by atoms with Gasteiger partial charge in [0.05, 0.1) is 21.3 Å². The Morgan fingerprint density at radius 2 is 1.56 bits per heavy atom. The molecule has 1 aliphatic carbocycles. The molecule has 4 aromatic carbocycles. The molecule has 1 heterocycles. The first-order valence-electron chi connectivity index (χ1n) is 14.6. The van der Waals surface area contributed by atoms with Crippen molar-refractivity contribution in [3.05, 3.63) is 135 Å². The standard InChI is InChI=1S/C36H29Cl2N3O3S/c37-29-14-8-11-24(34(29)38)21-30(40-35(43)23-9-2-1-3-10-23)36(44)39-25-17-19-26(20-18-25)45-22-33(42)41-31-15-6-4-12-27(31)28-13-5-7-16-32(28)41/h1-4,6,8-12,14-15,17-21H,5,7,13,16,22H2,(H,39,44)(H,40,43)/b30-21-. The maximum absolute atomic E-state index is 13.5.